The molecular formula is C19H23N3O3S. The fraction of sp³-hybridized carbons (Fsp3) is 0.421. The lowest BCUT2D eigenvalue weighted by Crippen LogP contribution is -2.41. The van der Waals surface area contributed by atoms with E-state index in [-0.39, 0.29) is 11.8 Å². The van der Waals surface area contributed by atoms with Crippen LogP contribution in [0, 0.1) is 5.92 Å². The van der Waals surface area contributed by atoms with E-state index in [4.69, 9.17) is 4.74 Å². The van der Waals surface area contributed by atoms with Crippen LogP contribution in [0.4, 0.5) is 5.69 Å². The van der Waals surface area contributed by atoms with Gasteiger partial charge in [-0.05, 0) is 18.1 Å². The number of morpholine rings is 1. The molecule has 1 aliphatic rings. The lowest BCUT2D eigenvalue weighted by Gasteiger charge is -2.27. The maximum Gasteiger partial charge on any atom is 0.275 e. The number of hydrogen-bond donors (Lipinski definition) is 1. The van der Waals surface area contributed by atoms with Crippen molar-refractivity contribution in [3.8, 4) is 0 Å². The average molecular weight is 373 g/mol. The van der Waals surface area contributed by atoms with E-state index in [1.54, 1.807) is 34.5 Å². The summed E-state index contributed by atoms with van der Waals surface area (Å²) in [5.74, 6) is 0.102. The molecule has 1 aliphatic heterocycles. The number of thiazole rings is 1. The van der Waals surface area contributed by atoms with Crippen molar-refractivity contribution in [3.63, 3.8) is 0 Å². The summed E-state index contributed by atoms with van der Waals surface area (Å²) in [6.07, 6.45) is 0.851. The van der Waals surface area contributed by atoms with Crippen molar-refractivity contribution in [1.82, 2.24) is 9.88 Å². The fourth-order valence-electron chi connectivity index (χ4n) is 2.76. The standard InChI is InChI=1S/C19H23N3O3S/c1-13(2)11-17-20-16(12-26-17)18(23)21-15-6-4-3-5-14(15)19(24)22-7-9-25-10-8-22/h3-6,12-13H,7-11H2,1-2H3,(H,21,23). The number of aromatic nitrogens is 1. The number of rotatable bonds is 5. The Hall–Kier alpha value is -2.25. The van der Waals surface area contributed by atoms with Crippen LogP contribution in [-0.2, 0) is 11.2 Å². The molecule has 3 rings (SSSR count). The van der Waals surface area contributed by atoms with Gasteiger partial charge in [0.1, 0.15) is 5.69 Å². The van der Waals surface area contributed by atoms with Crippen molar-refractivity contribution in [2.75, 3.05) is 31.6 Å². The molecule has 1 N–H and O–H groups in total. The van der Waals surface area contributed by atoms with Gasteiger partial charge in [-0.1, -0.05) is 26.0 Å². The Labute approximate surface area is 157 Å². The van der Waals surface area contributed by atoms with E-state index in [1.165, 1.54) is 11.3 Å². The fourth-order valence-corrected chi connectivity index (χ4v) is 3.75. The molecule has 7 heteroatoms. The van der Waals surface area contributed by atoms with Gasteiger partial charge in [-0.15, -0.1) is 11.3 Å². The molecule has 2 amide bonds. The number of benzene rings is 1. The number of para-hydroxylation sites is 1. The Bertz CT molecular complexity index is 782. The molecule has 0 saturated carbocycles. The van der Waals surface area contributed by atoms with Gasteiger partial charge in [-0.3, -0.25) is 9.59 Å². The van der Waals surface area contributed by atoms with Gasteiger partial charge in [0.2, 0.25) is 0 Å². The highest BCUT2D eigenvalue weighted by atomic mass is 32.1. The molecule has 138 valence electrons. The Kier molecular flexibility index (Phi) is 6.00. The topological polar surface area (TPSA) is 71.5 Å². The zero-order chi connectivity index (χ0) is 18.5. The van der Waals surface area contributed by atoms with Crippen LogP contribution in [0.3, 0.4) is 0 Å². The molecule has 0 aliphatic carbocycles. The highest BCUT2D eigenvalue weighted by Crippen LogP contribution is 2.20. The quantitative estimate of drug-likeness (QED) is 0.874. The van der Waals surface area contributed by atoms with Crippen LogP contribution < -0.4 is 5.32 Å². The normalized spacial score (nSPS) is 14.5. The third kappa shape index (κ3) is 4.47. The minimum absolute atomic E-state index is 0.0945. The lowest BCUT2D eigenvalue weighted by molar-refractivity contribution is 0.0303. The monoisotopic (exact) mass is 373 g/mol. The largest absolute Gasteiger partial charge is 0.378 e. The lowest BCUT2D eigenvalue weighted by atomic mass is 10.1. The van der Waals surface area contributed by atoms with Crippen molar-refractivity contribution in [1.29, 1.82) is 0 Å². The number of hydrogen-bond acceptors (Lipinski definition) is 5. The van der Waals surface area contributed by atoms with Gasteiger partial charge in [-0.25, -0.2) is 4.98 Å². The molecule has 1 fully saturated rings. The van der Waals surface area contributed by atoms with Gasteiger partial charge in [0.15, 0.2) is 0 Å². The second-order valence-electron chi connectivity index (χ2n) is 6.63. The summed E-state index contributed by atoms with van der Waals surface area (Å²) in [5, 5.41) is 5.55. The third-order valence-electron chi connectivity index (χ3n) is 4.07. The van der Waals surface area contributed by atoms with Gasteiger partial charge in [0, 0.05) is 24.9 Å². The molecule has 1 saturated heterocycles. The summed E-state index contributed by atoms with van der Waals surface area (Å²) in [5.41, 5.74) is 1.38. The van der Waals surface area contributed by atoms with E-state index in [1.807, 2.05) is 0 Å². The minimum Gasteiger partial charge on any atom is -0.378 e. The Morgan fingerprint density at radius 2 is 2.00 bits per heavy atom. The molecule has 6 nitrogen and oxygen atoms in total. The Morgan fingerprint density at radius 1 is 1.27 bits per heavy atom. The van der Waals surface area contributed by atoms with Crippen molar-refractivity contribution in [2.24, 2.45) is 5.92 Å². The van der Waals surface area contributed by atoms with E-state index < -0.39 is 0 Å². The molecule has 26 heavy (non-hydrogen) atoms. The third-order valence-corrected chi connectivity index (χ3v) is 4.94. The van der Waals surface area contributed by atoms with E-state index >= 15 is 0 Å². The SMILES string of the molecule is CC(C)Cc1nc(C(=O)Nc2ccccc2C(=O)N2CCOCC2)cs1. The number of anilines is 1. The number of amides is 2. The number of nitrogens with zero attached hydrogens (tertiary/aromatic N) is 2. The van der Waals surface area contributed by atoms with Crippen LogP contribution >= 0.6 is 11.3 Å². The maximum atomic E-state index is 12.8. The first-order valence-corrected chi connectivity index (χ1v) is 9.64. The van der Waals surface area contributed by atoms with Crippen LogP contribution in [0.1, 0.15) is 39.7 Å². The first-order valence-electron chi connectivity index (χ1n) is 8.76. The van der Waals surface area contributed by atoms with Crippen molar-refractivity contribution >= 4 is 28.8 Å². The van der Waals surface area contributed by atoms with Crippen LogP contribution in [0.15, 0.2) is 29.6 Å². The minimum atomic E-state index is -0.293. The molecule has 0 unspecified atom stereocenters. The average Bonchev–Trinajstić information content (AvgIpc) is 3.10. The van der Waals surface area contributed by atoms with E-state index in [0.717, 1.165) is 11.4 Å². The van der Waals surface area contributed by atoms with Gasteiger partial charge >= 0.3 is 0 Å². The molecule has 0 atom stereocenters. The van der Waals surface area contributed by atoms with Crippen LogP contribution in [-0.4, -0.2) is 48.0 Å². The molecule has 1 aromatic carbocycles. The molecule has 0 bridgehead atoms. The Balaban J connectivity index is 1.74. The number of carbonyl (C=O) groups excluding carboxylic acids is 2. The van der Waals surface area contributed by atoms with Crippen LogP contribution in [0.25, 0.3) is 0 Å². The van der Waals surface area contributed by atoms with Crippen molar-refractivity contribution < 1.29 is 14.3 Å². The van der Waals surface area contributed by atoms with E-state index in [0.29, 0.717) is 49.2 Å². The zero-order valence-corrected chi connectivity index (χ0v) is 15.8. The maximum absolute atomic E-state index is 12.8. The first-order chi connectivity index (χ1) is 12.5. The first kappa shape index (κ1) is 18.5. The number of carbonyl (C=O) groups is 2. The highest BCUT2D eigenvalue weighted by Gasteiger charge is 2.22. The van der Waals surface area contributed by atoms with E-state index in [2.05, 4.69) is 24.1 Å². The summed E-state index contributed by atoms with van der Waals surface area (Å²) in [7, 11) is 0. The Morgan fingerprint density at radius 3 is 2.73 bits per heavy atom. The summed E-state index contributed by atoms with van der Waals surface area (Å²) in [4.78, 5) is 31.5. The smallest absolute Gasteiger partial charge is 0.275 e. The summed E-state index contributed by atoms with van der Waals surface area (Å²) < 4.78 is 5.30. The zero-order valence-electron chi connectivity index (χ0n) is 15.0. The molecule has 1 aromatic heterocycles. The highest BCUT2D eigenvalue weighted by molar-refractivity contribution is 7.09. The van der Waals surface area contributed by atoms with Crippen LogP contribution in [0.2, 0.25) is 0 Å². The van der Waals surface area contributed by atoms with Gasteiger partial charge < -0.3 is 15.0 Å². The number of ether oxygens (including phenoxy) is 1. The van der Waals surface area contributed by atoms with Crippen molar-refractivity contribution in [2.45, 2.75) is 20.3 Å². The summed E-state index contributed by atoms with van der Waals surface area (Å²) in [6.45, 7) is 6.44. The van der Waals surface area contributed by atoms with E-state index in [9.17, 15) is 9.59 Å². The van der Waals surface area contributed by atoms with Gasteiger partial charge in [-0.2, -0.15) is 0 Å². The predicted molar refractivity (Wildman–Crippen MR) is 102 cm³/mol. The molecule has 0 radical (unpaired) electrons. The molecule has 0 spiro atoms. The summed E-state index contributed by atoms with van der Waals surface area (Å²) >= 11 is 1.49. The van der Waals surface area contributed by atoms with Crippen LogP contribution in [0.5, 0.6) is 0 Å². The molecule has 2 aromatic rings. The predicted octanol–water partition coefficient (Wildman–Crippen LogP) is 3.07. The van der Waals surface area contributed by atoms with Gasteiger partial charge in [0.05, 0.1) is 29.5 Å². The number of nitrogens with one attached hydrogen (secondary N) is 1. The van der Waals surface area contributed by atoms with Crippen molar-refractivity contribution in [3.05, 3.63) is 45.9 Å². The second kappa shape index (κ2) is 8.42. The summed E-state index contributed by atoms with van der Waals surface area (Å²) in [6, 6.07) is 7.08. The van der Waals surface area contributed by atoms with Gasteiger partial charge in [0.25, 0.3) is 11.8 Å². The molecule has 2 heterocycles. The second-order valence-corrected chi connectivity index (χ2v) is 7.57. The molecular weight excluding hydrogens is 350 g/mol.